The molecule has 0 saturated carbocycles. The fraction of sp³-hybridized carbons (Fsp3) is 0.0833. The number of halogens is 1. The van der Waals surface area contributed by atoms with Gasteiger partial charge in [-0.25, -0.2) is 4.68 Å². The van der Waals surface area contributed by atoms with Crippen molar-refractivity contribution < 1.29 is 0 Å². The van der Waals surface area contributed by atoms with Gasteiger partial charge in [0.05, 0.1) is 17.3 Å². The van der Waals surface area contributed by atoms with Crippen LogP contribution in [0.1, 0.15) is 5.69 Å². The van der Waals surface area contributed by atoms with Gasteiger partial charge in [0, 0.05) is 10.9 Å². The predicted molar refractivity (Wildman–Crippen MR) is 68.5 cm³/mol. The number of hydrogen-bond acceptors (Lipinski definition) is 2. The van der Waals surface area contributed by atoms with E-state index in [9.17, 15) is 0 Å². The number of alkyl halides is 1. The van der Waals surface area contributed by atoms with Gasteiger partial charge in [0.15, 0.2) is 0 Å². The van der Waals surface area contributed by atoms with Crippen LogP contribution in [0.2, 0.25) is 0 Å². The van der Waals surface area contributed by atoms with Gasteiger partial charge >= 0.3 is 0 Å². The Kier molecular flexibility index (Phi) is 2.42. The summed E-state index contributed by atoms with van der Waals surface area (Å²) in [5.74, 6) is 0.452. The van der Waals surface area contributed by atoms with Crippen molar-refractivity contribution in [1.29, 1.82) is 0 Å². The highest BCUT2D eigenvalue weighted by Gasteiger charge is 2.02. The molecule has 0 fully saturated rings. The summed E-state index contributed by atoms with van der Waals surface area (Å²) in [6.07, 6.45) is 1.94. The second kappa shape index (κ2) is 3.92. The summed E-state index contributed by atoms with van der Waals surface area (Å²) in [7, 11) is 0. The Morgan fingerprint density at radius 1 is 1.25 bits per heavy atom. The highest BCUT2D eigenvalue weighted by molar-refractivity contribution is 7.17. The lowest BCUT2D eigenvalue weighted by Crippen LogP contribution is -1.94. The molecule has 80 valence electrons. The van der Waals surface area contributed by atoms with Gasteiger partial charge in [-0.1, -0.05) is 0 Å². The van der Waals surface area contributed by atoms with Gasteiger partial charge in [-0.2, -0.15) is 5.10 Å². The van der Waals surface area contributed by atoms with Crippen LogP contribution >= 0.6 is 22.9 Å². The Balaban J connectivity index is 2.10. The Morgan fingerprint density at radius 2 is 2.19 bits per heavy atom. The Morgan fingerprint density at radius 3 is 3.00 bits per heavy atom. The first kappa shape index (κ1) is 9.87. The van der Waals surface area contributed by atoms with E-state index in [1.54, 1.807) is 11.3 Å². The molecule has 4 heteroatoms. The van der Waals surface area contributed by atoms with Gasteiger partial charge in [0.25, 0.3) is 0 Å². The number of benzene rings is 1. The van der Waals surface area contributed by atoms with Crippen LogP contribution < -0.4 is 0 Å². The molecule has 0 aliphatic heterocycles. The first-order valence-electron chi connectivity index (χ1n) is 4.95. The molecule has 0 unspecified atom stereocenters. The van der Waals surface area contributed by atoms with E-state index in [0.717, 1.165) is 11.4 Å². The second-order valence-corrected chi connectivity index (χ2v) is 4.74. The molecular weight excluding hydrogens is 240 g/mol. The van der Waals surface area contributed by atoms with Crippen molar-refractivity contribution in [3.8, 4) is 5.69 Å². The zero-order chi connectivity index (χ0) is 11.0. The maximum Gasteiger partial charge on any atom is 0.0776 e. The molecule has 2 heterocycles. The quantitative estimate of drug-likeness (QED) is 0.631. The smallest absolute Gasteiger partial charge is 0.0776 e. The standard InChI is InChI=1S/C12H9ClN2S/c13-8-10-3-5-15(14-10)11-1-2-12-9(7-11)4-6-16-12/h1-7H,8H2. The fourth-order valence-electron chi connectivity index (χ4n) is 1.67. The summed E-state index contributed by atoms with van der Waals surface area (Å²) in [4.78, 5) is 0. The molecule has 3 aromatic rings. The van der Waals surface area contributed by atoms with E-state index in [4.69, 9.17) is 11.6 Å². The minimum atomic E-state index is 0.452. The third-order valence-corrected chi connectivity index (χ3v) is 3.65. The number of thiophene rings is 1. The highest BCUT2D eigenvalue weighted by atomic mass is 35.5. The molecule has 0 atom stereocenters. The van der Waals surface area contributed by atoms with Crippen molar-refractivity contribution in [2.75, 3.05) is 0 Å². The van der Waals surface area contributed by atoms with E-state index in [1.807, 2.05) is 16.9 Å². The lowest BCUT2D eigenvalue weighted by molar-refractivity contribution is 0.860. The van der Waals surface area contributed by atoms with Gasteiger partial charge in [-0.05, 0) is 41.1 Å². The first-order valence-corrected chi connectivity index (χ1v) is 6.36. The van der Waals surface area contributed by atoms with Gasteiger partial charge in [0.2, 0.25) is 0 Å². The van der Waals surface area contributed by atoms with E-state index in [0.29, 0.717) is 5.88 Å². The van der Waals surface area contributed by atoms with E-state index in [1.165, 1.54) is 10.1 Å². The van der Waals surface area contributed by atoms with Crippen LogP contribution in [0.4, 0.5) is 0 Å². The number of aromatic nitrogens is 2. The molecule has 16 heavy (non-hydrogen) atoms. The van der Waals surface area contributed by atoms with Crippen molar-refractivity contribution in [1.82, 2.24) is 9.78 Å². The highest BCUT2D eigenvalue weighted by Crippen LogP contribution is 2.23. The molecule has 0 aliphatic rings. The van der Waals surface area contributed by atoms with Crippen molar-refractivity contribution in [2.45, 2.75) is 5.88 Å². The molecule has 0 bridgehead atoms. The normalized spacial score (nSPS) is 11.1. The summed E-state index contributed by atoms with van der Waals surface area (Å²) < 4.78 is 3.16. The van der Waals surface area contributed by atoms with E-state index < -0.39 is 0 Å². The molecule has 0 aliphatic carbocycles. The van der Waals surface area contributed by atoms with Crippen molar-refractivity contribution in [3.63, 3.8) is 0 Å². The van der Waals surface area contributed by atoms with E-state index in [2.05, 4.69) is 34.7 Å². The average molecular weight is 249 g/mol. The SMILES string of the molecule is ClCc1ccn(-c2ccc3sccc3c2)n1. The fourth-order valence-corrected chi connectivity index (χ4v) is 2.59. The monoisotopic (exact) mass is 248 g/mol. The number of nitrogens with zero attached hydrogens (tertiary/aromatic N) is 2. The number of hydrogen-bond donors (Lipinski definition) is 0. The van der Waals surface area contributed by atoms with Gasteiger partial charge in [-0.15, -0.1) is 22.9 Å². The lowest BCUT2D eigenvalue weighted by Gasteiger charge is -2.00. The molecule has 2 nitrogen and oxygen atoms in total. The van der Waals surface area contributed by atoms with Crippen LogP contribution in [0, 0.1) is 0 Å². The van der Waals surface area contributed by atoms with Crippen molar-refractivity contribution >= 4 is 33.0 Å². The Bertz CT molecular complexity index is 627. The maximum absolute atomic E-state index is 5.73. The largest absolute Gasteiger partial charge is 0.241 e. The van der Waals surface area contributed by atoms with E-state index in [-0.39, 0.29) is 0 Å². The van der Waals surface area contributed by atoms with Crippen molar-refractivity contribution in [2.24, 2.45) is 0 Å². The number of fused-ring (bicyclic) bond motifs is 1. The van der Waals surface area contributed by atoms with Crippen molar-refractivity contribution in [3.05, 3.63) is 47.6 Å². The van der Waals surface area contributed by atoms with Crippen LogP contribution in [0.25, 0.3) is 15.8 Å². The summed E-state index contributed by atoms with van der Waals surface area (Å²) in [6, 6.07) is 10.4. The number of rotatable bonds is 2. The molecule has 0 spiro atoms. The minimum absolute atomic E-state index is 0.452. The topological polar surface area (TPSA) is 17.8 Å². The summed E-state index contributed by atoms with van der Waals surface area (Å²) >= 11 is 7.48. The zero-order valence-corrected chi connectivity index (χ0v) is 10.0. The van der Waals surface area contributed by atoms with Crippen LogP contribution in [-0.4, -0.2) is 9.78 Å². The third-order valence-electron chi connectivity index (χ3n) is 2.48. The molecule has 3 rings (SSSR count). The molecule has 0 saturated heterocycles. The Labute approximate surface area is 102 Å². The summed E-state index contributed by atoms with van der Waals surface area (Å²) in [5, 5.41) is 7.73. The summed E-state index contributed by atoms with van der Waals surface area (Å²) in [5.41, 5.74) is 1.97. The maximum atomic E-state index is 5.73. The first-order chi connectivity index (χ1) is 7.86. The minimum Gasteiger partial charge on any atom is -0.241 e. The molecule has 0 N–H and O–H groups in total. The van der Waals surface area contributed by atoms with Crippen LogP contribution in [0.5, 0.6) is 0 Å². The molecule has 0 radical (unpaired) electrons. The molecule has 2 aromatic heterocycles. The third kappa shape index (κ3) is 1.62. The Hall–Kier alpha value is -1.32. The molecule has 1 aromatic carbocycles. The van der Waals surface area contributed by atoms with Gasteiger partial charge in [0.1, 0.15) is 0 Å². The van der Waals surface area contributed by atoms with Crippen LogP contribution in [-0.2, 0) is 5.88 Å². The summed E-state index contributed by atoms with van der Waals surface area (Å²) in [6.45, 7) is 0. The van der Waals surface area contributed by atoms with Crippen LogP contribution in [0.15, 0.2) is 41.9 Å². The van der Waals surface area contributed by atoms with E-state index >= 15 is 0 Å². The average Bonchev–Trinajstić information content (AvgIpc) is 2.96. The molecular formula is C12H9ClN2S. The second-order valence-electron chi connectivity index (χ2n) is 3.53. The van der Waals surface area contributed by atoms with Crippen LogP contribution in [0.3, 0.4) is 0 Å². The van der Waals surface area contributed by atoms with Gasteiger partial charge < -0.3 is 0 Å². The van der Waals surface area contributed by atoms with Gasteiger partial charge in [-0.3, -0.25) is 0 Å². The lowest BCUT2D eigenvalue weighted by atomic mass is 10.2. The molecule has 0 amide bonds. The predicted octanol–water partition coefficient (Wildman–Crippen LogP) is 3.83. The zero-order valence-electron chi connectivity index (χ0n) is 8.43.